The van der Waals surface area contributed by atoms with Crippen LogP contribution in [0.4, 0.5) is 14.9 Å². The lowest BCUT2D eigenvalue weighted by molar-refractivity contribution is -0.907. The molecule has 7 heteroatoms. The van der Waals surface area contributed by atoms with Crippen molar-refractivity contribution < 1.29 is 18.9 Å². The summed E-state index contributed by atoms with van der Waals surface area (Å²) >= 11 is 0. The van der Waals surface area contributed by atoms with Crippen molar-refractivity contribution >= 4 is 17.6 Å². The maximum Gasteiger partial charge on any atom is 0.329 e. The molecule has 2 saturated heterocycles. The molecule has 1 aromatic rings. The van der Waals surface area contributed by atoms with Crippen LogP contribution in [0.25, 0.3) is 0 Å². The lowest BCUT2D eigenvalue weighted by atomic mass is 9.73. The first-order valence-corrected chi connectivity index (χ1v) is 9.98. The number of rotatable bonds is 3. The quantitative estimate of drug-likeness (QED) is 0.775. The molecule has 1 aromatic carbocycles. The number of halogens is 1. The van der Waals surface area contributed by atoms with Crippen LogP contribution in [-0.2, 0) is 4.79 Å². The Kier molecular flexibility index (Phi) is 4.80. The number of nitrogens with one attached hydrogen (secondary N) is 2. The number of piperazine rings is 1. The van der Waals surface area contributed by atoms with Crippen molar-refractivity contribution in [2.75, 3.05) is 37.7 Å². The van der Waals surface area contributed by atoms with Gasteiger partial charge in [0.2, 0.25) is 0 Å². The highest BCUT2D eigenvalue weighted by Gasteiger charge is 2.55. The molecule has 1 saturated carbocycles. The highest BCUT2D eigenvalue weighted by Crippen LogP contribution is 2.37. The molecule has 2 heterocycles. The standard InChI is InChI=1S/C20H27FN4O2/c1-15-4-2-3-9-20(15)18(26)25(19(27)22-20)14-23-10-12-24(13-11-23)17-7-5-16(21)6-8-17/h5-8,15H,2-4,9-14H2,1H3,(H,22,27)/p+1/t15-,20-/m1/s1. The normalized spacial score (nSPS) is 29.5. The van der Waals surface area contributed by atoms with Crippen molar-refractivity contribution in [3.05, 3.63) is 30.1 Å². The van der Waals surface area contributed by atoms with E-state index in [1.807, 2.05) is 0 Å². The number of anilines is 1. The molecule has 0 bridgehead atoms. The van der Waals surface area contributed by atoms with E-state index in [0.717, 1.165) is 57.5 Å². The summed E-state index contributed by atoms with van der Waals surface area (Å²) in [5, 5.41) is 3.03. The minimum Gasteiger partial charge on any atom is -0.360 e. The summed E-state index contributed by atoms with van der Waals surface area (Å²) in [6, 6.07) is 6.32. The fourth-order valence-corrected chi connectivity index (χ4v) is 4.75. The van der Waals surface area contributed by atoms with Crippen LogP contribution in [0.1, 0.15) is 32.6 Å². The van der Waals surface area contributed by atoms with Gasteiger partial charge in [-0.15, -0.1) is 0 Å². The van der Waals surface area contributed by atoms with Crippen LogP contribution in [-0.4, -0.2) is 55.2 Å². The van der Waals surface area contributed by atoms with Gasteiger partial charge in [0, 0.05) is 5.69 Å². The van der Waals surface area contributed by atoms with Crippen LogP contribution in [0.15, 0.2) is 24.3 Å². The summed E-state index contributed by atoms with van der Waals surface area (Å²) in [6.45, 7) is 5.85. The monoisotopic (exact) mass is 375 g/mol. The fraction of sp³-hybridized carbons (Fsp3) is 0.600. The minimum absolute atomic E-state index is 0.0341. The predicted molar refractivity (Wildman–Crippen MR) is 99.9 cm³/mol. The molecule has 1 spiro atoms. The predicted octanol–water partition coefficient (Wildman–Crippen LogP) is 0.989. The minimum atomic E-state index is -0.676. The molecule has 0 unspecified atom stereocenters. The van der Waals surface area contributed by atoms with Crippen molar-refractivity contribution in [1.29, 1.82) is 0 Å². The zero-order valence-corrected chi connectivity index (χ0v) is 15.8. The van der Waals surface area contributed by atoms with Gasteiger partial charge in [0.1, 0.15) is 11.4 Å². The summed E-state index contributed by atoms with van der Waals surface area (Å²) in [7, 11) is 0. The van der Waals surface area contributed by atoms with Gasteiger partial charge < -0.3 is 15.1 Å². The lowest BCUT2D eigenvalue weighted by Crippen LogP contribution is -3.16. The Hall–Kier alpha value is -2.15. The van der Waals surface area contributed by atoms with Crippen LogP contribution in [0.5, 0.6) is 0 Å². The maximum atomic E-state index is 13.1. The Labute approximate surface area is 159 Å². The van der Waals surface area contributed by atoms with Crippen molar-refractivity contribution in [2.24, 2.45) is 5.92 Å². The van der Waals surface area contributed by atoms with Crippen molar-refractivity contribution in [1.82, 2.24) is 10.2 Å². The SMILES string of the molecule is C[C@@H]1CCCC[C@@]12NC(=O)N(C[NH+]1CCN(c3ccc(F)cc3)CC1)C2=O. The largest absolute Gasteiger partial charge is 0.360 e. The van der Waals surface area contributed by atoms with Gasteiger partial charge in [-0.2, -0.15) is 0 Å². The Morgan fingerprint density at radius 2 is 1.89 bits per heavy atom. The number of benzene rings is 1. The van der Waals surface area contributed by atoms with Gasteiger partial charge in [-0.1, -0.05) is 19.8 Å². The van der Waals surface area contributed by atoms with E-state index < -0.39 is 5.54 Å². The molecule has 2 N–H and O–H groups in total. The number of amides is 3. The number of carbonyl (C=O) groups is 2. The maximum absolute atomic E-state index is 13.1. The van der Waals surface area contributed by atoms with E-state index in [1.54, 1.807) is 12.1 Å². The number of urea groups is 1. The van der Waals surface area contributed by atoms with E-state index in [1.165, 1.54) is 21.9 Å². The molecule has 3 amide bonds. The number of quaternary nitrogens is 1. The molecule has 0 aromatic heterocycles. The molecule has 2 atom stereocenters. The molecule has 146 valence electrons. The van der Waals surface area contributed by atoms with Gasteiger partial charge in [0.15, 0.2) is 6.67 Å². The van der Waals surface area contributed by atoms with Crippen molar-refractivity contribution in [2.45, 2.75) is 38.1 Å². The summed E-state index contributed by atoms with van der Waals surface area (Å²) in [4.78, 5) is 30.5. The molecule has 3 aliphatic rings. The second-order valence-corrected chi connectivity index (χ2v) is 8.15. The topological polar surface area (TPSA) is 57.1 Å². The Morgan fingerprint density at radius 1 is 1.19 bits per heavy atom. The van der Waals surface area contributed by atoms with Crippen LogP contribution < -0.4 is 15.1 Å². The van der Waals surface area contributed by atoms with E-state index in [4.69, 9.17) is 0 Å². The third kappa shape index (κ3) is 3.29. The Balaban J connectivity index is 1.37. The van der Waals surface area contributed by atoms with Crippen LogP contribution in [0, 0.1) is 11.7 Å². The van der Waals surface area contributed by atoms with E-state index in [0.29, 0.717) is 6.67 Å². The number of imide groups is 1. The van der Waals surface area contributed by atoms with Gasteiger partial charge in [0.25, 0.3) is 5.91 Å². The second kappa shape index (κ2) is 7.11. The average Bonchev–Trinajstić information content (AvgIpc) is 2.91. The Bertz CT molecular complexity index is 717. The van der Waals surface area contributed by atoms with Gasteiger partial charge in [-0.3, -0.25) is 4.79 Å². The van der Waals surface area contributed by atoms with Crippen LogP contribution in [0.2, 0.25) is 0 Å². The summed E-state index contributed by atoms with van der Waals surface area (Å²) in [5.41, 5.74) is 0.338. The molecule has 6 nitrogen and oxygen atoms in total. The first kappa shape index (κ1) is 18.2. The molecular weight excluding hydrogens is 347 g/mol. The molecule has 3 fully saturated rings. The summed E-state index contributed by atoms with van der Waals surface area (Å²) < 4.78 is 13.1. The van der Waals surface area contributed by atoms with Crippen molar-refractivity contribution in [3.63, 3.8) is 0 Å². The van der Waals surface area contributed by atoms with Crippen LogP contribution in [0.3, 0.4) is 0 Å². The van der Waals surface area contributed by atoms with Crippen LogP contribution >= 0.6 is 0 Å². The fourth-order valence-electron chi connectivity index (χ4n) is 4.75. The van der Waals surface area contributed by atoms with E-state index in [-0.39, 0.29) is 23.7 Å². The zero-order chi connectivity index (χ0) is 19.0. The highest BCUT2D eigenvalue weighted by atomic mass is 19.1. The summed E-state index contributed by atoms with van der Waals surface area (Å²) in [5.74, 6) is -0.0707. The Morgan fingerprint density at radius 3 is 2.56 bits per heavy atom. The molecule has 2 aliphatic heterocycles. The first-order valence-electron chi connectivity index (χ1n) is 9.98. The highest BCUT2D eigenvalue weighted by molar-refractivity contribution is 6.07. The molecule has 4 rings (SSSR count). The van der Waals surface area contributed by atoms with Gasteiger partial charge in [0.05, 0.1) is 26.2 Å². The van der Waals surface area contributed by atoms with Crippen molar-refractivity contribution in [3.8, 4) is 0 Å². The number of carbonyl (C=O) groups excluding carboxylic acids is 2. The third-order valence-corrected chi connectivity index (χ3v) is 6.55. The van der Waals surface area contributed by atoms with Gasteiger partial charge in [-0.25, -0.2) is 14.1 Å². The molecule has 1 aliphatic carbocycles. The van der Waals surface area contributed by atoms with Gasteiger partial charge in [-0.05, 0) is 43.0 Å². The molecular formula is C20H28FN4O2+. The first-order chi connectivity index (χ1) is 13.0. The molecule has 27 heavy (non-hydrogen) atoms. The van der Waals surface area contributed by atoms with E-state index in [9.17, 15) is 14.0 Å². The lowest BCUT2D eigenvalue weighted by Gasteiger charge is -2.37. The van der Waals surface area contributed by atoms with E-state index >= 15 is 0 Å². The average molecular weight is 375 g/mol. The number of nitrogens with zero attached hydrogens (tertiary/aromatic N) is 2. The second-order valence-electron chi connectivity index (χ2n) is 8.15. The summed E-state index contributed by atoms with van der Waals surface area (Å²) in [6.07, 6.45) is 3.86. The zero-order valence-electron chi connectivity index (χ0n) is 15.8. The third-order valence-electron chi connectivity index (χ3n) is 6.55. The number of hydrogen-bond acceptors (Lipinski definition) is 3. The van der Waals surface area contributed by atoms with Gasteiger partial charge >= 0.3 is 6.03 Å². The number of hydrogen-bond donors (Lipinski definition) is 2. The molecule has 0 radical (unpaired) electrons. The smallest absolute Gasteiger partial charge is 0.329 e. The van der Waals surface area contributed by atoms with E-state index in [2.05, 4.69) is 17.1 Å².